The van der Waals surface area contributed by atoms with E-state index in [9.17, 15) is 55.2 Å². The number of benzene rings is 2. The molecule has 0 fully saturated rings. The van der Waals surface area contributed by atoms with Crippen molar-refractivity contribution in [1.29, 1.82) is 0 Å². The molecular formula is C44H67ClN10O13. The highest BCUT2D eigenvalue weighted by Gasteiger charge is 2.34. The number of aliphatic hydroxyl groups is 10. The van der Waals surface area contributed by atoms with Gasteiger partial charge in [-0.25, -0.2) is 9.97 Å². The number of aliphatic imine (C=N–C) groups is 1. The molecule has 0 aliphatic carbocycles. The van der Waals surface area contributed by atoms with Crippen molar-refractivity contribution in [3.8, 4) is 11.1 Å². The predicted molar refractivity (Wildman–Crippen MR) is 251 cm³/mol. The van der Waals surface area contributed by atoms with Gasteiger partial charge in [0, 0.05) is 33.1 Å². The molecule has 0 aliphatic rings. The zero-order valence-electron chi connectivity index (χ0n) is 37.8. The van der Waals surface area contributed by atoms with E-state index in [1.165, 1.54) is 16.8 Å². The normalized spacial score (nSPS) is 16.0. The largest absolute Gasteiger partial charge is 0.394 e. The van der Waals surface area contributed by atoms with E-state index in [-0.39, 0.29) is 60.2 Å². The number of nitrogens with one attached hydrogen (secondary N) is 1. The van der Waals surface area contributed by atoms with Crippen LogP contribution in [0.4, 0.5) is 11.6 Å². The second-order valence-electron chi connectivity index (χ2n) is 16.5. The molecule has 0 spiro atoms. The summed E-state index contributed by atoms with van der Waals surface area (Å²) in [6.45, 7) is -2.27. The number of anilines is 2. The highest BCUT2D eigenvalue weighted by atomic mass is 35.5. The smallest absolute Gasteiger partial charge is 0.280 e. The Balaban J connectivity index is 1.48. The van der Waals surface area contributed by atoms with Crippen LogP contribution in [0.15, 0.2) is 53.5 Å². The number of primary amides is 1. The lowest BCUT2D eigenvalue weighted by Gasteiger charge is -2.33. The zero-order valence-corrected chi connectivity index (χ0v) is 38.6. The van der Waals surface area contributed by atoms with Crippen LogP contribution in [0.3, 0.4) is 0 Å². The van der Waals surface area contributed by atoms with E-state index in [4.69, 9.17) is 44.7 Å². The topological polar surface area (TPSA) is 414 Å². The number of aryl methyl sites for hydroxylation is 2. The number of nitrogens with two attached hydrogens (primary N) is 4. The van der Waals surface area contributed by atoms with Gasteiger partial charge in [-0.1, -0.05) is 60.1 Å². The van der Waals surface area contributed by atoms with E-state index in [0.29, 0.717) is 25.8 Å². The number of amides is 3. The minimum atomic E-state index is -1.94. The lowest BCUT2D eigenvalue weighted by atomic mass is 9.99. The monoisotopic (exact) mass is 978 g/mol. The Kier molecular flexibility index (Phi) is 23.8. The average Bonchev–Trinajstić information content (AvgIpc) is 3.32. The van der Waals surface area contributed by atoms with E-state index in [0.717, 1.165) is 35.1 Å². The van der Waals surface area contributed by atoms with Crippen LogP contribution in [-0.2, 0) is 22.4 Å². The number of rotatable bonds is 29. The Morgan fingerprint density at radius 1 is 0.691 bits per heavy atom. The minimum absolute atomic E-state index is 0.0457. The van der Waals surface area contributed by atoms with Gasteiger partial charge < -0.3 is 78.9 Å². The molecule has 23 nitrogen and oxygen atoms in total. The highest BCUT2D eigenvalue weighted by molar-refractivity contribution is 6.31. The summed E-state index contributed by atoms with van der Waals surface area (Å²) in [4.78, 5) is 52.6. The van der Waals surface area contributed by atoms with Crippen molar-refractivity contribution in [1.82, 2.24) is 25.1 Å². The van der Waals surface area contributed by atoms with Gasteiger partial charge in [0.15, 0.2) is 28.4 Å². The van der Waals surface area contributed by atoms with E-state index in [1.807, 2.05) is 48.5 Å². The third-order valence-corrected chi connectivity index (χ3v) is 11.6. The van der Waals surface area contributed by atoms with Crippen molar-refractivity contribution < 1.29 is 65.4 Å². The standard InChI is InChI=1S/C44H67ClN10O13/c1-54(28(42(48)67)7-3-5-19-55(20-29(58)35(63)37(65)31(60)22-56)21-30(59)36(64)38(66)32(61)23-57)33(62)17-12-25-10-15-27(16-11-25)26-13-8-24(9-14-26)6-2-4-18-50-44(49)53-43(68)34-40(46)52-41(47)39(45)51-34/h8-11,13-16,28-32,35-38,56-61,63-66H,2-7,12,17-23H2,1H3,(H2,48,67)(H4,46,47,52)(H3,49,50,53,68)/t28?,29-,30-,31+,32+,35+,36+,37+,38+/m0/s1. The molecule has 3 rings (SSSR count). The SMILES string of the molecule is CN(C(=O)CCc1ccc(-c2ccc(CCCCN=C(N)NC(=O)c3nc(Cl)c(N)nc3N)cc2)cc1)C(CCCCN(C[C@H](O)[C@@H](O)[C@H](O)[C@H](O)CO)C[C@H](O)[C@@H](O)[C@H](O)[C@H](O)CO)C(N)=O. The first-order chi connectivity index (χ1) is 32.2. The van der Waals surface area contributed by atoms with Gasteiger partial charge in [0.05, 0.1) is 25.4 Å². The second kappa shape index (κ2) is 28.4. The van der Waals surface area contributed by atoms with Crippen LogP contribution in [0.1, 0.15) is 60.1 Å². The first-order valence-corrected chi connectivity index (χ1v) is 22.4. The molecule has 24 heteroatoms. The van der Waals surface area contributed by atoms with E-state index in [1.54, 1.807) is 0 Å². The number of aromatic nitrogens is 2. The fraction of sp³-hybridized carbons (Fsp3) is 0.545. The summed E-state index contributed by atoms with van der Waals surface area (Å²) in [6.07, 6.45) is -11.2. The summed E-state index contributed by atoms with van der Waals surface area (Å²) in [7, 11) is 1.48. The van der Waals surface area contributed by atoms with Gasteiger partial charge >= 0.3 is 0 Å². The maximum Gasteiger partial charge on any atom is 0.280 e. The Morgan fingerprint density at radius 3 is 1.69 bits per heavy atom. The van der Waals surface area contributed by atoms with E-state index >= 15 is 0 Å². The number of halogens is 1. The zero-order chi connectivity index (χ0) is 50.7. The Hall–Kier alpha value is -5.15. The van der Waals surface area contributed by atoms with Crippen molar-refractivity contribution >= 4 is 46.9 Å². The summed E-state index contributed by atoms with van der Waals surface area (Å²) in [6, 6.07) is 14.9. The number of guanidine groups is 1. The van der Waals surface area contributed by atoms with Crippen LogP contribution in [-0.4, -0.2) is 196 Å². The van der Waals surface area contributed by atoms with E-state index < -0.39 is 93.0 Å². The number of aliphatic hydroxyl groups excluding tert-OH is 10. The number of nitrogen functional groups attached to an aromatic ring is 2. The number of carbonyl (C=O) groups is 3. The van der Waals surface area contributed by atoms with Gasteiger partial charge in [0.1, 0.15) is 42.7 Å². The molecule has 0 radical (unpaired) electrons. The molecule has 19 N–H and O–H groups in total. The molecule has 9 atom stereocenters. The van der Waals surface area contributed by atoms with Crippen LogP contribution >= 0.6 is 11.6 Å². The van der Waals surface area contributed by atoms with Gasteiger partial charge in [0.25, 0.3) is 5.91 Å². The average molecular weight is 980 g/mol. The van der Waals surface area contributed by atoms with Crippen LogP contribution < -0.4 is 28.3 Å². The van der Waals surface area contributed by atoms with Crippen LogP contribution in [0.5, 0.6) is 0 Å². The van der Waals surface area contributed by atoms with Gasteiger partial charge in [-0.15, -0.1) is 0 Å². The third kappa shape index (κ3) is 17.7. The fourth-order valence-corrected chi connectivity index (χ4v) is 7.25. The van der Waals surface area contributed by atoms with Crippen LogP contribution in [0.2, 0.25) is 5.15 Å². The fourth-order valence-electron chi connectivity index (χ4n) is 7.12. The molecule has 1 heterocycles. The summed E-state index contributed by atoms with van der Waals surface area (Å²) < 4.78 is 0. The first-order valence-electron chi connectivity index (χ1n) is 22.0. The molecule has 0 bridgehead atoms. The maximum absolute atomic E-state index is 13.3. The maximum atomic E-state index is 13.3. The van der Waals surface area contributed by atoms with Crippen molar-refractivity contribution in [3.05, 3.63) is 70.5 Å². The van der Waals surface area contributed by atoms with Crippen LogP contribution in [0.25, 0.3) is 11.1 Å². The molecule has 3 amide bonds. The molecule has 378 valence electrons. The molecule has 1 aromatic heterocycles. The number of nitrogens with zero attached hydrogens (tertiary/aromatic N) is 5. The number of carbonyl (C=O) groups excluding carboxylic acids is 3. The quantitative estimate of drug-likeness (QED) is 0.0183. The van der Waals surface area contributed by atoms with Crippen LogP contribution in [0, 0.1) is 0 Å². The lowest BCUT2D eigenvalue weighted by molar-refractivity contribution is -0.138. The summed E-state index contributed by atoms with van der Waals surface area (Å²) in [5.41, 5.74) is 26.6. The highest BCUT2D eigenvalue weighted by Crippen LogP contribution is 2.23. The molecule has 0 saturated heterocycles. The van der Waals surface area contributed by atoms with Gasteiger partial charge in [-0.2, -0.15) is 0 Å². The number of likely N-dealkylation sites (N-methyl/N-ethyl adjacent to an activating group) is 1. The number of hydrogen-bond acceptors (Lipinski definition) is 19. The minimum Gasteiger partial charge on any atom is -0.394 e. The third-order valence-electron chi connectivity index (χ3n) is 11.3. The summed E-state index contributed by atoms with van der Waals surface area (Å²) in [5, 5.41) is 102. The molecule has 1 unspecified atom stereocenters. The number of hydrogen-bond donors (Lipinski definition) is 15. The Morgan fingerprint density at radius 2 is 1.19 bits per heavy atom. The molecule has 0 aliphatic heterocycles. The molecule has 68 heavy (non-hydrogen) atoms. The van der Waals surface area contributed by atoms with Crippen molar-refractivity contribution in [2.24, 2.45) is 16.5 Å². The second-order valence-corrected chi connectivity index (χ2v) is 16.8. The number of unbranched alkanes of at least 4 members (excludes halogenated alkanes) is 2. The van der Waals surface area contributed by atoms with E-state index in [2.05, 4.69) is 20.3 Å². The molecule has 2 aromatic carbocycles. The summed E-state index contributed by atoms with van der Waals surface area (Å²) in [5.74, 6) is -2.16. The predicted octanol–water partition coefficient (Wildman–Crippen LogP) is -3.38. The van der Waals surface area contributed by atoms with Gasteiger partial charge in [0.2, 0.25) is 11.8 Å². The van der Waals surface area contributed by atoms with Crippen molar-refractivity contribution in [2.75, 3.05) is 57.9 Å². The summed E-state index contributed by atoms with van der Waals surface area (Å²) >= 11 is 5.83. The lowest BCUT2D eigenvalue weighted by Crippen LogP contribution is -2.53. The molecular weight excluding hydrogens is 912 g/mol. The first kappa shape index (κ1) is 57.2. The van der Waals surface area contributed by atoms with Crippen molar-refractivity contribution in [2.45, 2.75) is 106 Å². The molecule has 0 saturated carbocycles. The molecule has 3 aromatic rings. The van der Waals surface area contributed by atoms with Gasteiger partial charge in [-0.3, -0.25) is 29.6 Å². The Labute approximate surface area is 398 Å². The Bertz CT molecular complexity index is 2040. The van der Waals surface area contributed by atoms with Gasteiger partial charge in [-0.05, 0) is 73.7 Å². The van der Waals surface area contributed by atoms with Crippen molar-refractivity contribution in [3.63, 3.8) is 0 Å².